The van der Waals surface area contributed by atoms with Gasteiger partial charge in [0.25, 0.3) is 10.1 Å². The first kappa shape index (κ1) is 14.0. The number of hydrogen-bond donors (Lipinski definition) is 5. The molecule has 0 saturated heterocycles. The summed E-state index contributed by atoms with van der Waals surface area (Å²) in [6.07, 6.45) is 0. The molecule has 0 bridgehead atoms. The number of rotatable bonds is 2. The van der Waals surface area contributed by atoms with Crippen LogP contribution in [0.1, 0.15) is 0 Å². The molecule has 0 aromatic heterocycles. The average Bonchev–Trinajstić information content (AvgIpc) is 2.34. The van der Waals surface area contributed by atoms with Crippen molar-refractivity contribution in [2.45, 2.75) is 4.90 Å². The minimum Gasteiger partial charge on any atom is -0.399 e. The van der Waals surface area contributed by atoms with Crippen LogP contribution < -0.4 is 22.9 Å². The van der Waals surface area contributed by atoms with Gasteiger partial charge in [-0.3, -0.25) is 4.55 Å². The van der Waals surface area contributed by atoms with Crippen LogP contribution in [-0.4, -0.2) is 13.0 Å². The Balaban J connectivity index is 2.85. The van der Waals surface area contributed by atoms with E-state index < -0.39 is 15.0 Å². The zero-order chi connectivity index (χ0) is 15.1. The Morgan fingerprint density at radius 2 is 1.45 bits per heavy atom. The van der Waals surface area contributed by atoms with Crippen molar-refractivity contribution >= 4 is 32.9 Å². The monoisotopic (exact) mass is 294 g/mol. The molecule has 0 amide bonds. The second-order valence-corrected chi connectivity index (χ2v) is 5.63. The van der Waals surface area contributed by atoms with E-state index in [-0.39, 0.29) is 22.6 Å². The van der Waals surface area contributed by atoms with Gasteiger partial charge in [0.2, 0.25) is 0 Å². The van der Waals surface area contributed by atoms with E-state index in [2.05, 4.69) is 0 Å². The molecular weight excluding hydrogens is 280 g/mol. The molecule has 0 atom stereocenters. The first-order valence-electron chi connectivity index (χ1n) is 5.52. The quantitative estimate of drug-likeness (QED) is 0.407. The normalized spacial score (nSPS) is 11.4. The van der Waals surface area contributed by atoms with Gasteiger partial charge in [-0.2, -0.15) is 8.42 Å². The van der Waals surface area contributed by atoms with Gasteiger partial charge in [-0.15, -0.1) is 0 Å². The van der Waals surface area contributed by atoms with Crippen LogP contribution in [0.25, 0.3) is 11.1 Å². The first-order chi connectivity index (χ1) is 9.21. The number of hydrogen-bond acceptors (Lipinski definition) is 6. The van der Waals surface area contributed by atoms with Crippen LogP contribution in [-0.2, 0) is 10.1 Å². The van der Waals surface area contributed by atoms with Crippen molar-refractivity contribution in [3.63, 3.8) is 0 Å². The summed E-state index contributed by atoms with van der Waals surface area (Å²) in [6.45, 7) is 0. The molecule has 0 radical (unpaired) electrons. The van der Waals surface area contributed by atoms with E-state index in [1.54, 1.807) is 24.3 Å². The molecule has 0 spiro atoms. The number of nitrogens with two attached hydrogens (primary N) is 4. The third-order valence-electron chi connectivity index (χ3n) is 2.87. The minimum absolute atomic E-state index is 0.0863. The summed E-state index contributed by atoms with van der Waals surface area (Å²) in [4.78, 5) is -0.464. The van der Waals surface area contributed by atoms with Crippen LogP contribution in [0.15, 0.2) is 35.2 Å². The second-order valence-electron chi connectivity index (χ2n) is 4.27. The third-order valence-corrected chi connectivity index (χ3v) is 3.83. The molecule has 0 fully saturated rings. The van der Waals surface area contributed by atoms with Crippen molar-refractivity contribution in [2.75, 3.05) is 22.9 Å². The minimum atomic E-state index is -4.55. The Kier molecular flexibility index (Phi) is 3.20. The summed E-state index contributed by atoms with van der Waals surface area (Å²) >= 11 is 0. The van der Waals surface area contributed by atoms with Crippen LogP contribution in [0.4, 0.5) is 22.7 Å². The van der Waals surface area contributed by atoms with Gasteiger partial charge < -0.3 is 22.9 Å². The van der Waals surface area contributed by atoms with E-state index >= 15 is 0 Å². The molecule has 0 aliphatic heterocycles. The predicted octanol–water partition coefficient (Wildman–Crippen LogP) is 0.929. The smallest absolute Gasteiger partial charge is 0.297 e. The second kappa shape index (κ2) is 4.58. The maximum atomic E-state index is 11.5. The molecule has 2 aromatic rings. The number of nitrogen functional groups attached to an aromatic ring is 4. The zero-order valence-electron chi connectivity index (χ0n) is 10.4. The van der Waals surface area contributed by atoms with Gasteiger partial charge >= 0.3 is 0 Å². The predicted molar refractivity (Wildman–Crippen MR) is 79.3 cm³/mol. The van der Waals surface area contributed by atoms with Crippen molar-refractivity contribution in [1.29, 1.82) is 0 Å². The highest BCUT2D eigenvalue weighted by atomic mass is 32.2. The van der Waals surface area contributed by atoms with Crippen LogP contribution in [0, 0.1) is 0 Å². The van der Waals surface area contributed by atoms with E-state index in [4.69, 9.17) is 22.9 Å². The fourth-order valence-corrected chi connectivity index (χ4v) is 2.72. The third kappa shape index (κ3) is 2.33. The molecule has 0 saturated carbocycles. The zero-order valence-corrected chi connectivity index (χ0v) is 11.2. The standard InChI is InChI=1S/C12H14N4O3S/c13-7-3-1-6(2-4-7)8-5-9(14)10(15)11(16)12(8)20(17,18)19/h1-5H,13-16H2,(H,17,18,19). The highest BCUT2D eigenvalue weighted by Gasteiger charge is 2.23. The van der Waals surface area contributed by atoms with Gasteiger partial charge in [0, 0.05) is 11.3 Å². The van der Waals surface area contributed by atoms with E-state index in [1.807, 2.05) is 0 Å². The molecule has 0 heterocycles. The van der Waals surface area contributed by atoms with Crippen LogP contribution in [0.3, 0.4) is 0 Å². The Morgan fingerprint density at radius 3 is 1.95 bits per heavy atom. The Hall–Kier alpha value is -2.45. The van der Waals surface area contributed by atoms with E-state index in [0.717, 1.165) is 0 Å². The lowest BCUT2D eigenvalue weighted by Crippen LogP contribution is -2.10. The van der Waals surface area contributed by atoms with Gasteiger partial charge in [0.1, 0.15) is 4.90 Å². The largest absolute Gasteiger partial charge is 0.399 e. The molecule has 106 valence electrons. The van der Waals surface area contributed by atoms with Crippen molar-refractivity contribution < 1.29 is 13.0 Å². The summed E-state index contributed by atoms with van der Waals surface area (Å²) in [5.41, 5.74) is 23.5. The molecular formula is C12H14N4O3S. The van der Waals surface area contributed by atoms with Crippen LogP contribution >= 0.6 is 0 Å². The maximum absolute atomic E-state index is 11.5. The molecule has 7 nitrogen and oxygen atoms in total. The Labute approximate surface area is 115 Å². The van der Waals surface area contributed by atoms with Crippen molar-refractivity contribution in [3.8, 4) is 11.1 Å². The topological polar surface area (TPSA) is 158 Å². The lowest BCUT2D eigenvalue weighted by atomic mass is 10.0. The Bertz CT molecular complexity index is 770. The summed E-state index contributed by atoms with van der Waals surface area (Å²) in [7, 11) is -4.55. The summed E-state index contributed by atoms with van der Waals surface area (Å²) in [5, 5.41) is 0. The van der Waals surface area contributed by atoms with E-state index in [9.17, 15) is 13.0 Å². The molecule has 0 aliphatic rings. The van der Waals surface area contributed by atoms with Gasteiger partial charge in [-0.05, 0) is 23.8 Å². The maximum Gasteiger partial charge on any atom is 0.297 e. The summed E-state index contributed by atoms with van der Waals surface area (Å²) in [5.74, 6) is 0. The van der Waals surface area contributed by atoms with Crippen molar-refractivity contribution in [3.05, 3.63) is 30.3 Å². The molecule has 9 N–H and O–H groups in total. The Morgan fingerprint density at radius 1 is 0.900 bits per heavy atom. The summed E-state index contributed by atoms with van der Waals surface area (Å²) in [6, 6.07) is 7.71. The van der Waals surface area contributed by atoms with Gasteiger partial charge in [-0.25, -0.2) is 0 Å². The molecule has 8 heteroatoms. The van der Waals surface area contributed by atoms with Gasteiger partial charge in [0.05, 0.1) is 17.1 Å². The number of benzene rings is 2. The fraction of sp³-hybridized carbons (Fsp3) is 0. The lowest BCUT2D eigenvalue weighted by molar-refractivity contribution is 0.484. The molecule has 0 unspecified atom stereocenters. The highest BCUT2D eigenvalue weighted by Crippen LogP contribution is 2.38. The molecule has 2 rings (SSSR count). The lowest BCUT2D eigenvalue weighted by Gasteiger charge is -2.14. The van der Waals surface area contributed by atoms with Gasteiger partial charge in [0.15, 0.2) is 0 Å². The van der Waals surface area contributed by atoms with E-state index in [0.29, 0.717) is 11.3 Å². The van der Waals surface area contributed by atoms with E-state index in [1.165, 1.54) is 6.07 Å². The summed E-state index contributed by atoms with van der Waals surface area (Å²) < 4.78 is 32.4. The number of anilines is 4. The van der Waals surface area contributed by atoms with Crippen molar-refractivity contribution in [1.82, 2.24) is 0 Å². The molecule has 0 aliphatic carbocycles. The van der Waals surface area contributed by atoms with Crippen LogP contribution in [0.2, 0.25) is 0 Å². The van der Waals surface area contributed by atoms with Crippen LogP contribution in [0.5, 0.6) is 0 Å². The SMILES string of the molecule is Nc1ccc(-c2cc(N)c(N)c(N)c2S(=O)(=O)O)cc1. The van der Waals surface area contributed by atoms with Crippen molar-refractivity contribution in [2.24, 2.45) is 0 Å². The first-order valence-corrected chi connectivity index (χ1v) is 6.96. The molecule has 2 aromatic carbocycles. The van der Waals surface area contributed by atoms with Gasteiger partial charge in [-0.1, -0.05) is 12.1 Å². The molecule has 20 heavy (non-hydrogen) atoms. The average molecular weight is 294 g/mol. The fourth-order valence-electron chi connectivity index (χ4n) is 1.88. The highest BCUT2D eigenvalue weighted by molar-refractivity contribution is 7.86.